The number of alkyl halides is 3. The lowest BCUT2D eigenvalue weighted by Crippen LogP contribution is -2.45. The van der Waals surface area contributed by atoms with Gasteiger partial charge in [-0.1, -0.05) is 54.6 Å². The molecule has 0 saturated carbocycles. The second kappa shape index (κ2) is 9.80. The van der Waals surface area contributed by atoms with E-state index in [1.165, 1.54) is 23.3 Å². The Morgan fingerprint density at radius 3 is 2.08 bits per heavy atom. The van der Waals surface area contributed by atoms with Crippen molar-refractivity contribution in [2.45, 2.75) is 32.0 Å². The van der Waals surface area contributed by atoms with Crippen LogP contribution in [0.2, 0.25) is 0 Å². The smallest absolute Gasteiger partial charge is 0.339 e. The lowest BCUT2D eigenvalue weighted by atomic mass is 9.92. The van der Waals surface area contributed by atoms with Crippen LogP contribution in [0.1, 0.15) is 39.9 Å². The van der Waals surface area contributed by atoms with Crippen LogP contribution in [0.15, 0.2) is 72.8 Å². The fraction of sp³-hybridized carbons (Fsp3) is 0.310. The summed E-state index contributed by atoms with van der Waals surface area (Å²) in [4.78, 5) is 30.3. The van der Waals surface area contributed by atoms with E-state index in [4.69, 9.17) is 0 Å². The lowest BCUT2D eigenvalue weighted by molar-refractivity contribution is -0.138. The van der Waals surface area contributed by atoms with Gasteiger partial charge in [0.25, 0.3) is 5.91 Å². The topological polar surface area (TPSA) is 40.6 Å². The van der Waals surface area contributed by atoms with Crippen molar-refractivity contribution in [2.75, 3.05) is 19.6 Å². The molecule has 7 heteroatoms. The Morgan fingerprint density at radius 1 is 0.750 bits per heavy atom. The van der Waals surface area contributed by atoms with Gasteiger partial charge in [-0.3, -0.25) is 9.59 Å². The minimum atomic E-state index is -4.41. The predicted molar refractivity (Wildman–Crippen MR) is 131 cm³/mol. The number of piperidine rings is 1. The van der Waals surface area contributed by atoms with Crippen LogP contribution in [0.3, 0.4) is 0 Å². The van der Waals surface area contributed by atoms with E-state index in [2.05, 4.69) is 12.1 Å². The van der Waals surface area contributed by atoms with Crippen molar-refractivity contribution in [3.05, 3.63) is 95.1 Å². The molecule has 3 aromatic rings. The van der Waals surface area contributed by atoms with Gasteiger partial charge < -0.3 is 9.80 Å². The molecule has 0 bridgehead atoms. The molecule has 5 rings (SSSR count). The summed E-state index contributed by atoms with van der Waals surface area (Å²) in [6, 6.07) is 20.1. The Kier molecular flexibility index (Phi) is 6.56. The van der Waals surface area contributed by atoms with Crippen molar-refractivity contribution in [1.82, 2.24) is 9.80 Å². The third-order valence-corrected chi connectivity index (χ3v) is 7.25. The van der Waals surface area contributed by atoms with E-state index >= 15 is 0 Å². The Balaban J connectivity index is 1.25. The number of carbonyl (C=O) groups excluding carboxylic acids is 2. The van der Waals surface area contributed by atoms with E-state index in [1.54, 1.807) is 29.2 Å². The monoisotopic (exact) mass is 492 g/mol. The second-order valence-electron chi connectivity index (χ2n) is 9.47. The maximum Gasteiger partial charge on any atom is 0.416 e. The summed E-state index contributed by atoms with van der Waals surface area (Å²) in [5.41, 5.74) is 3.38. The van der Waals surface area contributed by atoms with Crippen LogP contribution in [0.4, 0.5) is 13.2 Å². The zero-order valence-corrected chi connectivity index (χ0v) is 19.8. The molecule has 0 aliphatic carbocycles. The Hall–Kier alpha value is -3.61. The van der Waals surface area contributed by atoms with Crippen molar-refractivity contribution < 1.29 is 22.8 Å². The van der Waals surface area contributed by atoms with Crippen molar-refractivity contribution in [3.63, 3.8) is 0 Å². The summed E-state index contributed by atoms with van der Waals surface area (Å²) < 4.78 is 38.9. The average molecular weight is 493 g/mol. The highest BCUT2D eigenvalue weighted by Gasteiger charge is 2.33. The second-order valence-corrected chi connectivity index (χ2v) is 9.47. The van der Waals surface area contributed by atoms with Gasteiger partial charge in [0, 0.05) is 37.7 Å². The van der Waals surface area contributed by atoms with Crippen LogP contribution >= 0.6 is 0 Å². The molecule has 1 saturated heterocycles. The quantitative estimate of drug-likeness (QED) is 0.463. The number of halogens is 3. The highest BCUT2D eigenvalue weighted by Crippen LogP contribution is 2.33. The Morgan fingerprint density at radius 2 is 1.39 bits per heavy atom. The number of carbonyl (C=O) groups is 2. The summed E-state index contributed by atoms with van der Waals surface area (Å²) in [6.45, 7) is 2.30. The number of hydrogen-bond donors (Lipinski definition) is 0. The van der Waals surface area contributed by atoms with Crippen molar-refractivity contribution >= 4 is 11.8 Å². The first-order chi connectivity index (χ1) is 17.3. The van der Waals surface area contributed by atoms with Crippen LogP contribution in [-0.4, -0.2) is 41.2 Å². The van der Waals surface area contributed by atoms with Gasteiger partial charge in [0.1, 0.15) is 0 Å². The minimum absolute atomic E-state index is 0.107. The van der Waals surface area contributed by atoms with Gasteiger partial charge in [-0.05, 0) is 59.7 Å². The molecule has 186 valence electrons. The molecule has 0 unspecified atom stereocenters. The molecule has 1 fully saturated rings. The van der Waals surface area contributed by atoms with Gasteiger partial charge in [0.05, 0.1) is 5.56 Å². The summed E-state index contributed by atoms with van der Waals surface area (Å²) in [6.07, 6.45) is -2.34. The molecule has 4 nitrogen and oxygen atoms in total. The van der Waals surface area contributed by atoms with Gasteiger partial charge in [-0.25, -0.2) is 0 Å². The van der Waals surface area contributed by atoms with Crippen molar-refractivity contribution in [1.29, 1.82) is 0 Å². The van der Waals surface area contributed by atoms with E-state index in [0.717, 1.165) is 25.1 Å². The first-order valence-electron chi connectivity index (χ1n) is 12.2. The molecule has 0 N–H and O–H groups in total. The summed E-state index contributed by atoms with van der Waals surface area (Å²) in [5, 5.41) is 0. The lowest BCUT2D eigenvalue weighted by Gasteiger charge is -2.36. The number of likely N-dealkylation sites (tertiary alicyclic amines) is 1. The van der Waals surface area contributed by atoms with Crippen LogP contribution in [-0.2, 0) is 23.9 Å². The Bertz CT molecular complexity index is 1260. The van der Waals surface area contributed by atoms with E-state index in [1.807, 2.05) is 17.0 Å². The normalized spacial score (nSPS) is 16.5. The van der Waals surface area contributed by atoms with Crippen LogP contribution in [0.25, 0.3) is 11.1 Å². The van der Waals surface area contributed by atoms with Crippen molar-refractivity contribution in [3.8, 4) is 11.1 Å². The highest BCUT2D eigenvalue weighted by atomic mass is 19.4. The molecule has 2 aliphatic rings. The molecular weight excluding hydrogens is 465 g/mol. The molecule has 2 heterocycles. The molecule has 2 amide bonds. The summed E-state index contributed by atoms with van der Waals surface area (Å²) in [7, 11) is 0. The number of fused-ring (bicyclic) bond motifs is 1. The fourth-order valence-electron chi connectivity index (χ4n) is 5.20. The maximum atomic E-state index is 13.4. The first kappa shape index (κ1) is 24.1. The number of amides is 2. The first-order valence-corrected chi connectivity index (χ1v) is 12.2. The molecule has 0 atom stereocenters. The molecule has 0 radical (unpaired) electrons. The minimum Gasteiger partial charge on any atom is -0.339 e. The molecule has 2 aliphatic heterocycles. The number of rotatable bonds is 3. The van der Waals surface area contributed by atoms with Crippen LogP contribution in [0.5, 0.6) is 0 Å². The average Bonchev–Trinajstić information content (AvgIpc) is 2.91. The standard InChI is InChI=1S/C29H27F3N2O2/c30-29(31,32)24-11-9-21(10-12-24)25-7-3-4-8-26(25)28(36)33-16-14-22(15-17-33)27(35)34-18-13-20-5-1-2-6-23(20)19-34/h1-12,22H,13-19H2. The molecular formula is C29H27F3N2O2. The van der Waals surface area contributed by atoms with Crippen molar-refractivity contribution in [2.24, 2.45) is 5.92 Å². The number of nitrogens with zero attached hydrogens (tertiary/aromatic N) is 2. The highest BCUT2D eigenvalue weighted by molar-refractivity contribution is 6.01. The Labute approximate surface area is 208 Å². The van der Waals surface area contributed by atoms with Gasteiger partial charge >= 0.3 is 6.18 Å². The van der Waals surface area contributed by atoms with E-state index in [-0.39, 0.29) is 17.7 Å². The van der Waals surface area contributed by atoms with E-state index < -0.39 is 11.7 Å². The third kappa shape index (κ3) is 4.87. The zero-order chi connectivity index (χ0) is 25.3. The summed E-state index contributed by atoms with van der Waals surface area (Å²) >= 11 is 0. The van der Waals surface area contributed by atoms with Gasteiger partial charge in [-0.15, -0.1) is 0 Å². The zero-order valence-electron chi connectivity index (χ0n) is 19.8. The molecule has 36 heavy (non-hydrogen) atoms. The molecule has 0 spiro atoms. The molecule has 0 aromatic heterocycles. The number of benzene rings is 3. The van der Waals surface area contributed by atoms with Crippen LogP contribution in [0, 0.1) is 5.92 Å². The maximum absolute atomic E-state index is 13.4. The fourth-order valence-corrected chi connectivity index (χ4v) is 5.20. The van der Waals surface area contributed by atoms with Gasteiger partial charge in [0.2, 0.25) is 5.91 Å². The van der Waals surface area contributed by atoms with Gasteiger partial charge in [0.15, 0.2) is 0 Å². The summed E-state index contributed by atoms with van der Waals surface area (Å²) in [5.74, 6) is -0.116. The number of hydrogen-bond acceptors (Lipinski definition) is 2. The molecule has 3 aromatic carbocycles. The van der Waals surface area contributed by atoms with Crippen LogP contribution < -0.4 is 0 Å². The SMILES string of the molecule is O=C(c1ccccc1-c1ccc(C(F)(F)F)cc1)N1CCC(C(=O)N2CCc3ccccc3C2)CC1. The third-order valence-electron chi connectivity index (χ3n) is 7.25. The van der Waals surface area contributed by atoms with E-state index in [9.17, 15) is 22.8 Å². The largest absolute Gasteiger partial charge is 0.416 e. The predicted octanol–water partition coefficient (Wildman–Crippen LogP) is 5.81. The van der Waals surface area contributed by atoms with Gasteiger partial charge in [-0.2, -0.15) is 13.2 Å². The van der Waals surface area contributed by atoms with E-state index in [0.29, 0.717) is 49.2 Å².